The SMILES string of the molecule is Cc1nn(S(=O)(=O)c2ccc([N+](=O)[O-])cc2)c2c1C(=O)CC(C)(C)C2Br. The van der Waals surface area contributed by atoms with Crippen molar-refractivity contribution in [3.63, 3.8) is 0 Å². The van der Waals surface area contributed by atoms with E-state index in [0.717, 1.165) is 28.4 Å². The molecule has 2 aromatic rings. The number of nitro groups is 1. The molecule has 0 aliphatic heterocycles. The second-order valence-electron chi connectivity index (χ2n) is 6.90. The zero-order chi connectivity index (χ0) is 19.4. The van der Waals surface area contributed by atoms with Crippen LogP contribution in [-0.4, -0.2) is 28.3 Å². The van der Waals surface area contributed by atoms with Gasteiger partial charge in [-0.25, -0.2) is 0 Å². The van der Waals surface area contributed by atoms with Crippen LogP contribution >= 0.6 is 15.9 Å². The molecule has 0 fully saturated rings. The van der Waals surface area contributed by atoms with E-state index in [9.17, 15) is 23.3 Å². The van der Waals surface area contributed by atoms with Crippen molar-refractivity contribution >= 4 is 37.4 Å². The van der Waals surface area contributed by atoms with Gasteiger partial charge in [0, 0.05) is 18.6 Å². The number of rotatable bonds is 3. The van der Waals surface area contributed by atoms with Gasteiger partial charge in [0.25, 0.3) is 15.7 Å². The average Bonchev–Trinajstić information content (AvgIpc) is 2.91. The number of halogens is 1. The van der Waals surface area contributed by atoms with Crippen molar-refractivity contribution in [2.45, 2.75) is 36.9 Å². The summed E-state index contributed by atoms with van der Waals surface area (Å²) in [5.41, 5.74) is 0.255. The zero-order valence-electron chi connectivity index (χ0n) is 14.3. The number of nitrogens with zero attached hydrogens (tertiary/aromatic N) is 3. The van der Waals surface area contributed by atoms with E-state index in [1.54, 1.807) is 6.92 Å². The summed E-state index contributed by atoms with van der Waals surface area (Å²) in [5.74, 6) is -0.150. The summed E-state index contributed by atoms with van der Waals surface area (Å²) in [5, 5.41) is 14.9. The predicted octanol–water partition coefficient (Wildman–Crippen LogP) is 3.39. The number of non-ortho nitro benzene ring substituents is 1. The topological polar surface area (TPSA) is 112 Å². The molecule has 10 heteroatoms. The fourth-order valence-electron chi connectivity index (χ4n) is 3.07. The quantitative estimate of drug-likeness (QED) is 0.409. The predicted molar refractivity (Wildman–Crippen MR) is 97.0 cm³/mol. The second-order valence-corrected chi connectivity index (χ2v) is 9.58. The summed E-state index contributed by atoms with van der Waals surface area (Å²) < 4.78 is 27.0. The Hall–Kier alpha value is -2.07. The molecule has 1 aliphatic carbocycles. The van der Waals surface area contributed by atoms with Crippen LogP contribution in [0.1, 0.15) is 46.8 Å². The van der Waals surface area contributed by atoms with Crippen LogP contribution in [0.3, 0.4) is 0 Å². The summed E-state index contributed by atoms with van der Waals surface area (Å²) in [6.45, 7) is 5.34. The van der Waals surface area contributed by atoms with Crippen LogP contribution in [0.25, 0.3) is 0 Å². The molecule has 1 aromatic carbocycles. The van der Waals surface area contributed by atoms with Crippen molar-refractivity contribution in [3.05, 3.63) is 51.3 Å². The highest BCUT2D eigenvalue weighted by Gasteiger charge is 2.44. The Kier molecular flexibility index (Phi) is 4.31. The number of nitro benzene ring substituents is 1. The Bertz CT molecular complexity index is 1020. The molecule has 1 atom stereocenters. The van der Waals surface area contributed by atoms with Gasteiger partial charge in [0.05, 0.1) is 31.6 Å². The number of ketones is 1. The summed E-state index contributed by atoms with van der Waals surface area (Å²) in [7, 11) is -4.11. The maximum Gasteiger partial charge on any atom is 0.283 e. The van der Waals surface area contributed by atoms with Crippen molar-refractivity contribution in [1.29, 1.82) is 0 Å². The molecule has 1 aliphatic rings. The molecule has 0 saturated carbocycles. The number of aryl methyl sites for hydroxylation is 1. The van der Waals surface area contributed by atoms with E-state index in [-0.39, 0.29) is 22.8 Å². The van der Waals surface area contributed by atoms with E-state index in [0.29, 0.717) is 17.0 Å². The number of Topliss-reactive ketones (excluding diaryl/α,β-unsaturated/α-hetero) is 1. The minimum atomic E-state index is -4.11. The molecule has 3 rings (SSSR count). The summed E-state index contributed by atoms with van der Waals surface area (Å²) in [6.07, 6.45) is 0.278. The van der Waals surface area contributed by atoms with Crippen molar-refractivity contribution in [3.8, 4) is 0 Å². The third-order valence-corrected chi connectivity index (χ3v) is 7.73. The van der Waals surface area contributed by atoms with Crippen molar-refractivity contribution in [2.24, 2.45) is 5.41 Å². The first kappa shape index (κ1) is 18.7. The van der Waals surface area contributed by atoms with Gasteiger partial charge in [0.1, 0.15) is 0 Å². The number of carbonyl (C=O) groups excluding carboxylic acids is 1. The standard InChI is InChI=1S/C16H16BrN3O5S/c1-9-13-12(21)8-16(2,3)15(17)14(13)19(18-9)26(24,25)11-6-4-10(5-7-11)20(22)23/h4-7,15H,8H2,1-3H3. The van der Waals surface area contributed by atoms with Gasteiger partial charge in [-0.15, -0.1) is 0 Å². The highest BCUT2D eigenvalue weighted by molar-refractivity contribution is 9.09. The molecule has 0 spiro atoms. The van der Waals surface area contributed by atoms with Crippen LogP contribution < -0.4 is 0 Å². The largest absolute Gasteiger partial charge is 0.294 e. The Labute approximate surface area is 158 Å². The number of carbonyl (C=O) groups is 1. The van der Waals surface area contributed by atoms with E-state index in [4.69, 9.17) is 0 Å². The Balaban J connectivity index is 2.20. The number of benzene rings is 1. The van der Waals surface area contributed by atoms with E-state index < -0.39 is 25.2 Å². The lowest BCUT2D eigenvalue weighted by Crippen LogP contribution is -2.32. The molecule has 0 amide bonds. The van der Waals surface area contributed by atoms with Gasteiger partial charge in [-0.1, -0.05) is 29.8 Å². The number of aromatic nitrogens is 2. The minimum absolute atomic E-state index is 0.135. The van der Waals surface area contributed by atoms with Crippen LogP contribution in [0.4, 0.5) is 5.69 Å². The monoisotopic (exact) mass is 441 g/mol. The van der Waals surface area contributed by atoms with Gasteiger partial charge >= 0.3 is 0 Å². The van der Waals surface area contributed by atoms with Crippen molar-refractivity contribution < 1.29 is 18.1 Å². The van der Waals surface area contributed by atoms with Crippen LogP contribution in [0.2, 0.25) is 0 Å². The van der Waals surface area contributed by atoms with Gasteiger partial charge in [-0.3, -0.25) is 14.9 Å². The van der Waals surface area contributed by atoms with Crippen LogP contribution in [0, 0.1) is 22.5 Å². The lowest BCUT2D eigenvalue weighted by atomic mass is 9.75. The molecule has 138 valence electrons. The normalized spacial score (nSPS) is 19.2. The first-order chi connectivity index (χ1) is 12.0. The maximum atomic E-state index is 13.1. The Morgan fingerprint density at radius 2 is 1.88 bits per heavy atom. The van der Waals surface area contributed by atoms with Gasteiger partial charge in [-0.2, -0.15) is 17.6 Å². The highest BCUT2D eigenvalue weighted by Crippen LogP contribution is 2.49. The highest BCUT2D eigenvalue weighted by atomic mass is 79.9. The number of hydrogen-bond acceptors (Lipinski definition) is 6. The third kappa shape index (κ3) is 2.77. The lowest BCUT2D eigenvalue weighted by Gasteiger charge is -2.34. The fraction of sp³-hybridized carbons (Fsp3) is 0.375. The second kappa shape index (κ2) is 5.98. The molecule has 1 unspecified atom stereocenters. The van der Waals surface area contributed by atoms with Crippen molar-refractivity contribution in [2.75, 3.05) is 0 Å². The molecule has 0 radical (unpaired) electrons. The zero-order valence-corrected chi connectivity index (χ0v) is 16.7. The molecule has 1 aromatic heterocycles. The Morgan fingerprint density at radius 1 is 1.31 bits per heavy atom. The maximum absolute atomic E-state index is 13.1. The molecule has 1 heterocycles. The third-order valence-electron chi connectivity index (χ3n) is 4.46. The Morgan fingerprint density at radius 3 is 2.42 bits per heavy atom. The van der Waals surface area contributed by atoms with Gasteiger partial charge in [0.15, 0.2) is 5.78 Å². The molecular formula is C16H16BrN3O5S. The van der Waals surface area contributed by atoms with Crippen LogP contribution in [0.5, 0.6) is 0 Å². The van der Waals surface area contributed by atoms with Crippen molar-refractivity contribution in [1.82, 2.24) is 9.19 Å². The van der Waals surface area contributed by atoms with E-state index in [1.807, 2.05) is 13.8 Å². The molecule has 0 saturated heterocycles. The van der Waals surface area contributed by atoms with E-state index in [1.165, 1.54) is 0 Å². The summed E-state index contributed by atoms with van der Waals surface area (Å²) >= 11 is 3.53. The van der Waals surface area contributed by atoms with Gasteiger partial charge in [0.2, 0.25) is 0 Å². The first-order valence-corrected chi connectivity index (χ1v) is 10.1. The van der Waals surface area contributed by atoms with Crippen LogP contribution in [0.15, 0.2) is 29.2 Å². The molecule has 0 bridgehead atoms. The number of hydrogen-bond donors (Lipinski definition) is 0. The minimum Gasteiger partial charge on any atom is -0.294 e. The molecule has 8 nitrogen and oxygen atoms in total. The number of fused-ring (bicyclic) bond motifs is 1. The van der Waals surface area contributed by atoms with E-state index >= 15 is 0 Å². The summed E-state index contributed by atoms with van der Waals surface area (Å²) in [6, 6.07) is 4.57. The van der Waals surface area contributed by atoms with Crippen LogP contribution in [-0.2, 0) is 10.0 Å². The van der Waals surface area contributed by atoms with Gasteiger partial charge < -0.3 is 0 Å². The molecular weight excluding hydrogens is 426 g/mol. The number of alkyl halides is 1. The smallest absolute Gasteiger partial charge is 0.283 e. The lowest BCUT2D eigenvalue weighted by molar-refractivity contribution is -0.384. The first-order valence-electron chi connectivity index (χ1n) is 7.73. The fourth-order valence-corrected chi connectivity index (χ4v) is 5.16. The average molecular weight is 442 g/mol. The molecule has 0 N–H and O–H groups in total. The van der Waals surface area contributed by atoms with E-state index in [2.05, 4.69) is 21.0 Å². The summed E-state index contributed by atoms with van der Waals surface area (Å²) in [4.78, 5) is 22.2. The van der Waals surface area contributed by atoms with Gasteiger partial charge in [-0.05, 0) is 24.5 Å². The molecule has 26 heavy (non-hydrogen) atoms.